The molecular formula is C20H28BrN3O3. The Balaban J connectivity index is 1.65. The third kappa shape index (κ3) is 4.57. The number of halogens is 1. The molecule has 2 aromatic rings. The number of hydrogen-bond donors (Lipinski definition) is 0. The van der Waals surface area contributed by atoms with Crippen molar-refractivity contribution in [1.82, 2.24) is 14.7 Å². The fourth-order valence-corrected chi connectivity index (χ4v) is 4.10. The van der Waals surface area contributed by atoms with E-state index in [-0.39, 0.29) is 12.1 Å². The number of rotatable bonds is 3. The Hall–Kier alpha value is -1.76. The van der Waals surface area contributed by atoms with Gasteiger partial charge in [-0.25, -0.2) is 4.79 Å². The van der Waals surface area contributed by atoms with Gasteiger partial charge in [0.2, 0.25) is 0 Å². The topological polar surface area (TPSA) is 56.6 Å². The summed E-state index contributed by atoms with van der Waals surface area (Å²) in [5.41, 5.74) is 0.468. The summed E-state index contributed by atoms with van der Waals surface area (Å²) in [4.78, 5) is 14.0. The van der Waals surface area contributed by atoms with Gasteiger partial charge in [0.05, 0.1) is 23.1 Å². The van der Waals surface area contributed by atoms with Crippen LogP contribution in [0.15, 0.2) is 22.8 Å². The van der Waals surface area contributed by atoms with Crippen LogP contribution in [-0.2, 0) is 4.74 Å². The minimum Gasteiger partial charge on any atom is -0.495 e. The number of aromatic nitrogens is 2. The van der Waals surface area contributed by atoms with Crippen LogP contribution in [-0.4, -0.2) is 46.6 Å². The smallest absolute Gasteiger partial charge is 0.410 e. The van der Waals surface area contributed by atoms with Crippen LogP contribution in [0.1, 0.15) is 52.5 Å². The van der Waals surface area contributed by atoms with E-state index in [1.807, 2.05) is 40.0 Å². The highest BCUT2D eigenvalue weighted by Crippen LogP contribution is 2.34. The zero-order valence-corrected chi connectivity index (χ0v) is 18.2. The third-order valence-electron chi connectivity index (χ3n) is 5.07. The Morgan fingerprint density at radius 2 is 1.93 bits per heavy atom. The highest BCUT2D eigenvalue weighted by Gasteiger charge is 2.30. The van der Waals surface area contributed by atoms with Gasteiger partial charge in [0.1, 0.15) is 11.4 Å². The number of methoxy groups -OCH3 is 1. The van der Waals surface area contributed by atoms with Crippen molar-refractivity contribution < 1.29 is 14.3 Å². The van der Waals surface area contributed by atoms with E-state index in [2.05, 4.69) is 26.8 Å². The quantitative estimate of drug-likeness (QED) is 0.665. The van der Waals surface area contributed by atoms with Crippen LogP contribution in [0, 0.1) is 0 Å². The van der Waals surface area contributed by atoms with Gasteiger partial charge >= 0.3 is 6.09 Å². The number of carbonyl (C=O) groups excluding carboxylic acids is 1. The van der Waals surface area contributed by atoms with Crippen molar-refractivity contribution >= 4 is 32.9 Å². The highest BCUT2D eigenvalue weighted by atomic mass is 79.9. The van der Waals surface area contributed by atoms with Gasteiger partial charge in [-0.3, -0.25) is 4.68 Å². The van der Waals surface area contributed by atoms with Crippen molar-refractivity contribution in [2.75, 3.05) is 14.2 Å². The molecule has 1 heterocycles. The average Bonchev–Trinajstić information content (AvgIpc) is 3.01. The summed E-state index contributed by atoms with van der Waals surface area (Å²) >= 11 is 3.53. The lowest BCUT2D eigenvalue weighted by Crippen LogP contribution is -2.42. The first kappa shape index (κ1) is 20.0. The van der Waals surface area contributed by atoms with Gasteiger partial charge in [-0.2, -0.15) is 5.10 Å². The van der Waals surface area contributed by atoms with Gasteiger partial charge in [0, 0.05) is 30.7 Å². The fraction of sp³-hybridized carbons (Fsp3) is 0.600. The molecule has 0 N–H and O–H groups in total. The number of nitrogens with zero attached hydrogens (tertiary/aromatic N) is 3. The summed E-state index contributed by atoms with van der Waals surface area (Å²) < 4.78 is 13.8. The van der Waals surface area contributed by atoms with Crippen LogP contribution in [0.2, 0.25) is 0 Å². The first-order valence-electron chi connectivity index (χ1n) is 9.36. The Kier molecular flexibility index (Phi) is 5.70. The molecule has 1 aliphatic rings. The van der Waals surface area contributed by atoms with Crippen LogP contribution >= 0.6 is 15.9 Å². The molecule has 1 fully saturated rings. The van der Waals surface area contributed by atoms with Gasteiger partial charge < -0.3 is 14.4 Å². The molecule has 6 nitrogen and oxygen atoms in total. The van der Waals surface area contributed by atoms with Gasteiger partial charge in [-0.1, -0.05) is 0 Å². The Bertz CT molecular complexity index is 820. The predicted octanol–water partition coefficient (Wildman–Crippen LogP) is 5.16. The van der Waals surface area contributed by atoms with Gasteiger partial charge in [-0.05, 0) is 68.5 Å². The van der Waals surface area contributed by atoms with Crippen LogP contribution in [0.5, 0.6) is 5.75 Å². The van der Waals surface area contributed by atoms with Crippen molar-refractivity contribution in [3.05, 3.63) is 22.8 Å². The summed E-state index contributed by atoms with van der Waals surface area (Å²) in [6, 6.07) is 4.57. The zero-order valence-electron chi connectivity index (χ0n) is 16.7. The molecule has 0 spiro atoms. The van der Waals surface area contributed by atoms with Crippen molar-refractivity contribution in [2.24, 2.45) is 0 Å². The van der Waals surface area contributed by atoms with E-state index in [9.17, 15) is 4.79 Å². The van der Waals surface area contributed by atoms with Crippen LogP contribution < -0.4 is 4.74 Å². The SMILES string of the molecule is COc1cc2nn([C@H]3CC[C@H](N(C)C(=O)OC(C)(C)C)CC3)cc2cc1Br. The Labute approximate surface area is 168 Å². The maximum atomic E-state index is 12.3. The number of amides is 1. The minimum absolute atomic E-state index is 0.218. The van der Waals surface area contributed by atoms with Gasteiger partial charge in [-0.15, -0.1) is 0 Å². The standard InChI is InChI=1S/C20H28BrN3O3/c1-20(2,3)27-19(25)23(4)14-6-8-15(9-7-14)24-12-13-10-16(21)18(26-5)11-17(13)22-24/h10-12,14-15H,6-9H2,1-5H3/t14-,15-. The zero-order chi connectivity index (χ0) is 19.8. The van der Waals surface area contributed by atoms with Crippen LogP contribution in [0.25, 0.3) is 10.9 Å². The summed E-state index contributed by atoms with van der Waals surface area (Å²) in [7, 11) is 3.50. The van der Waals surface area contributed by atoms with E-state index in [1.165, 1.54) is 0 Å². The molecule has 1 aliphatic carbocycles. The first-order chi connectivity index (χ1) is 12.7. The molecule has 0 saturated heterocycles. The van der Waals surface area contributed by atoms with E-state index < -0.39 is 5.60 Å². The maximum absolute atomic E-state index is 12.3. The summed E-state index contributed by atoms with van der Waals surface area (Å²) in [5.74, 6) is 0.787. The maximum Gasteiger partial charge on any atom is 0.410 e. The molecule has 7 heteroatoms. The summed E-state index contributed by atoms with van der Waals surface area (Å²) in [5, 5.41) is 5.84. The molecule has 0 unspecified atom stereocenters. The second kappa shape index (κ2) is 7.70. The largest absolute Gasteiger partial charge is 0.495 e. The van der Waals surface area contributed by atoms with Crippen LogP contribution in [0.3, 0.4) is 0 Å². The fourth-order valence-electron chi connectivity index (χ4n) is 3.58. The number of fused-ring (bicyclic) bond motifs is 1. The lowest BCUT2D eigenvalue weighted by Gasteiger charge is -2.35. The second-order valence-electron chi connectivity index (χ2n) is 8.21. The number of carbonyl (C=O) groups is 1. The second-order valence-corrected chi connectivity index (χ2v) is 9.06. The molecule has 0 aliphatic heterocycles. The molecule has 1 saturated carbocycles. The molecule has 0 bridgehead atoms. The monoisotopic (exact) mass is 437 g/mol. The first-order valence-corrected chi connectivity index (χ1v) is 10.2. The van der Waals surface area contributed by atoms with Crippen molar-refractivity contribution in [2.45, 2.75) is 64.1 Å². The predicted molar refractivity (Wildman–Crippen MR) is 109 cm³/mol. The Morgan fingerprint density at radius 1 is 1.26 bits per heavy atom. The normalized spacial score (nSPS) is 20.5. The van der Waals surface area contributed by atoms with Crippen molar-refractivity contribution in [3.63, 3.8) is 0 Å². The van der Waals surface area contributed by atoms with E-state index in [1.54, 1.807) is 12.0 Å². The van der Waals surface area contributed by atoms with E-state index >= 15 is 0 Å². The van der Waals surface area contributed by atoms with Crippen molar-refractivity contribution in [1.29, 1.82) is 0 Å². The Morgan fingerprint density at radius 3 is 2.52 bits per heavy atom. The summed E-state index contributed by atoms with van der Waals surface area (Å²) in [6.45, 7) is 5.68. The third-order valence-corrected chi connectivity index (χ3v) is 5.68. The highest BCUT2D eigenvalue weighted by molar-refractivity contribution is 9.10. The number of hydrogen-bond acceptors (Lipinski definition) is 4. The lowest BCUT2D eigenvalue weighted by molar-refractivity contribution is 0.0173. The van der Waals surface area contributed by atoms with Crippen molar-refractivity contribution in [3.8, 4) is 5.75 Å². The number of benzene rings is 1. The van der Waals surface area contributed by atoms with Gasteiger partial charge in [0.15, 0.2) is 0 Å². The molecule has 148 valence electrons. The molecule has 0 atom stereocenters. The van der Waals surface area contributed by atoms with E-state index in [0.29, 0.717) is 6.04 Å². The molecular weight excluding hydrogens is 410 g/mol. The average molecular weight is 438 g/mol. The van der Waals surface area contributed by atoms with E-state index in [0.717, 1.165) is 46.8 Å². The lowest BCUT2D eigenvalue weighted by atomic mass is 9.90. The number of ether oxygens (including phenoxy) is 2. The van der Waals surface area contributed by atoms with Gasteiger partial charge in [0.25, 0.3) is 0 Å². The van der Waals surface area contributed by atoms with Crippen LogP contribution in [0.4, 0.5) is 4.79 Å². The molecule has 1 aromatic heterocycles. The molecule has 1 amide bonds. The molecule has 27 heavy (non-hydrogen) atoms. The van der Waals surface area contributed by atoms with E-state index in [4.69, 9.17) is 14.6 Å². The minimum atomic E-state index is -0.465. The molecule has 1 aromatic carbocycles. The molecule has 0 radical (unpaired) electrons. The summed E-state index contributed by atoms with van der Waals surface area (Å²) in [6.07, 6.45) is 5.73. The molecule has 3 rings (SSSR count).